The first kappa shape index (κ1) is 20.7. The standard InChI is InChI=1S/C20H30N4O3S/c1-20(2,3)28(26,27)22-17-10-14-24(15-11-17)19(25)21-16-6-8-18(9-7-16)23-12-4-5-13-23/h4-9,17,22H,10-15H2,1-3H3,(H,21,25). The molecule has 0 radical (unpaired) electrons. The average molecular weight is 407 g/mol. The third kappa shape index (κ3) is 4.86. The molecule has 0 spiro atoms. The number of carbonyl (C=O) groups is 1. The number of hydrogen-bond acceptors (Lipinski definition) is 4. The predicted molar refractivity (Wildman–Crippen MR) is 113 cm³/mol. The lowest BCUT2D eigenvalue weighted by Gasteiger charge is -2.33. The first-order chi connectivity index (χ1) is 13.2. The van der Waals surface area contributed by atoms with Crippen molar-refractivity contribution in [1.29, 1.82) is 0 Å². The van der Waals surface area contributed by atoms with Crippen molar-refractivity contribution in [1.82, 2.24) is 9.62 Å². The SMILES string of the molecule is CC(C)(C)S(=O)(=O)NC1CCN(C(=O)Nc2ccc(N3CC=CC3)cc2)CC1. The molecule has 0 saturated carbocycles. The van der Waals surface area contributed by atoms with Crippen molar-refractivity contribution in [2.75, 3.05) is 36.4 Å². The Hall–Kier alpha value is -2.06. The summed E-state index contributed by atoms with van der Waals surface area (Å²) in [6, 6.07) is 7.58. The number of rotatable bonds is 4. The van der Waals surface area contributed by atoms with Gasteiger partial charge in [0.25, 0.3) is 0 Å². The smallest absolute Gasteiger partial charge is 0.321 e. The van der Waals surface area contributed by atoms with Gasteiger partial charge in [-0.25, -0.2) is 17.9 Å². The summed E-state index contributed by atoms with van der Waals surface area (Å²) in [5, 5.41) is 2.93. The van der Waals surface area contributed by atoms with E-state index < -0.39 is 14.8 Å². The van der Waals surface area contributed by atoms with Crippen molar-refractivity contribution in [2.45, 2.75) is 44.4 Å². The molecule has 0 aliphatic carbocycles. The molecule has 154 valence electrons. The molecule has 2 aliphatic rings. The molecule has 1 aromatic carbocycles. The van der Waals surface area contributed by atoms with Gasteiger partial charge in [0, 0.05) is 43.6 Å². The Morgan fingerprint density at radius 2 is 1.61 bits per heavy atom. The maximum atomic E-state index is 12.5. The van der Waals surface area contributed by atoms with E-state index in [-0.39, 0.29) is 12.1 Å². The maximum Gasteiger partial charge on any atom is 0.321 e. The fraction of sp³-hybridized carbons (Fsp3) is 0.550. The number of piperidine rings is 1. The number of nitrogens with zero attached hydrogens (tertiary/aromatic N) is 2. The van der Waals surface area contributed by atoms with Crippen molar-refractivity contribution in [3.05, 3.63) is 36.4 Å². The van der Waals surface area contributed by atoms with Crippen LogP contribution in [0.3, 0.4) is 0 Å². The molecule has 1 aromatic rings. The average Bonchev–Trinajstić information content (AvgIpc) is 3.16. The largest absolute Gasteiger partial charge is 0.364 e. The molecule has 0 bridgehead atoms. The van der Waals surface area contributed by atoms with Crippen LogP contribution in [0.25, 0.3) is 0 Å². The van der Waals surface area contributed by atoms with Gasteiger partial charge in [-0.3, -0.25) is 0 Å². The molecule has 2 heterocycles. The summed E-state index contributed by atoms with van der Waals surface area (Å²) in [6.07, 6.45) is 5.51. The Bertz CT molecular complexity index is 812. The number of benzene rings is 1. The van der Waals surface area contributed by atoms with Crippen LogP contribution in [0, 0.1) is 0 Å². The molecule has 8 heteroatoms. The summed E-state index contributed by atoms with van der Waals surface area (Å²) < 4.78 is 26.5. The van der Waals surface area contributed by atoms with Crippen molar-refractivity contribution in [3.8, 4) is 0 Å². The number of sulfonamides is 1. The Kier molecular flexibility index (Phi) is 6.00. The highest BCUT2D eigenvalue weighted by Crippen LogP contribution is 2.21. The fourth-order valence-corrected chi connectivity index (χ4v) is 4.27. The second-order valence-electron chi connectivity index (χ2n) is 8.35. The van der Waals surface area contributed by atoms with Crippen LogP contribution in [0.4, 0.5) is 16.2 Å². The van der Waals surface area contributed by atoms with E-state index in [1.165, 1.54) is 0 Å². The Morgan fingerprint density at radius 3 is 2.14 bits per heavy atom. The molecule has 3 rings (SSSR count). The van der Waals surface area contributed by atoms with Crippen LogP contribution in [-0.2, 0) is 10.0 Å². The Morgan fingerprint density at radius 1 is 1.04 bits per heavy atom. The lowest BCUT2D eigenvalue weighted by atomic mass is 10.1. The fourth-order valence-electron chi connectivity index (χ4n) is 3.24. The zero-order valence-electron chi connectivity index (χ0n) is 16.8. The third-order valence-electron chi connectivity index (χ3n) is 5.21. The molecule has 0 aromatic heterocycles. The van der Waals surface area contributed by atoms with Gasteiger partial charge in [0.15, 0.2) is 0 Å². The van der Waals surface area contributed by atoms with Gasteiger partial charge in [-0.05, 0) is 57.9 Å². The normalized spacial score (nSPS) is 18.5. The number of hydrogen-bond donors (Lipinski definition) is 2. The molecule has 1 fully saturated rings. The van der Waals surface area contributed by atoms with Crippen LogP contribution in [-0.4, -0.2) is 56.3 Å². The highest BCUT2D eigenvalue weighted by Gasteiger charge is 2.33. The quantitative estimate of drug-likeness (QED) is 0.754. The van der Waals surface area contributed by atoms with Crippen LogP contribution in [0.5, 0.6) is 0 Å². The van der Waals surface area contributed by atoms with Crippen LogP contribution >= 0.6 is 0 Å². The first-order valence-electron chi connectivity index (χ1n) is 9.73. The molecular weight excluding hydrogens is 376 g/mol. The molecule has 2 aliphatic heterocycles. The summed E-state index contributed by atoms with van der Waals surface area (Å²) in [5.41, 5.74) is 1.89. The highest BCUT2D eigenvalue weighted by molar-refractivity contribution is 7.90. The van der Waals surface area contributed by atoms with Crippen molar-refractivity contribution in [2.24, 2.45) is 0 Å². The topological polar surface area (TPSA) is 81.8 Å². The third-order valence-corrected chi connectivity index (χ3v) is 7.47. The minimum atomic E-state index is -3.37. The van der Waals surface area contributed by atoms with Crippen molar-refractivity contribution < 1.29 is 13.2 Å². The summed E-state index contributed by atoms with van der Waals surface area (Å²) in [4.78, 5) is 16.5. The van der Waals surface area contributed by atoms with E-state index in [9.17, 15) is 13.2 Å². The molecular formula is C20H30N4O3S. The minimum absolute atomic E-state index is 0.123. The van der Waals surface area contributed by atoms with E-state index in [1.807, 2.05) is 24.3 Å². The number of carbonyl (C=O) groups excluding carboxylic acids is 1. The lowest BCUT2D eigenvalue weighted by molar-refractivity contribution is 0.193. The molecule has 28 heavy (non-hydrogen) atoms. The molecule has 7 nitrogen and oxygen atoms in total. The predicted octanol–water partition coefficient (Wildman–Crippen LogP) is 2.78. The summed E-state index contributed by atoms with van der Waals surface area (Å²) in [6.45, 7) is 7.94. The lowest BCUT2D eigenvalue weighted by Crippen LogP contribution is -2.50. The number of urea groups is 1. The highest BCUT2D eigenvalue weighted by atomic mass is 32.2. The summed E-state index contributed by atoms with van der Waals surface area (Å²) in [7, 11) is -3.37. The van der Waals surface area contributed by atoms with Gasteiger partial charge in [0.1, 0.15) is 0 Å². The van der Waals surface area contributed by atoms with Gasteiger partial charge >= 0.3 is 6.03 Å². The second kappa shape index (κ2) is 8.13. The number of likely N-dealkylation sites (tertiary alicyclic amines) is 1. The van der Waals surface area contributed by atoms with Crippen molar-refractivity contribution in [3.63, 3.8) is 0 Å². The number of amides is 2. The van der Waals surface area contributed by atoms with Crippen LogP contribution < -0.4 is 14.9 Å². The zero-order chi connectivity index (χ0) is 20.4. The van der Waals surface area contributed by atoms with Gasteiger partial charge in [-0.2, -0.15) is 0 Å². The molecule has 0 atom stereocenters. The monoisotopic (exact) mass is 406 g/mol. The first-order valence-corrected chi connectivity index (χ1v) is 11.2. The zero-order valence-corrected chi connectivity index (χ0v) is 17.6. The minimum Gasteiger partial charge on any atom is -0.364 e. The molecule has 2 amide bonds. The van der Waals surface area contributed by atoms with E-state index in [2.05, 4.69) is 27.1 Å². The van der Waals surface area contributed by atoms with E-state index in [0.717, 1.165) is 24.5 Å². The maximum absolute atomic E-state index is 12.5. The summed E-state index contributed by atoms with van der Waals surface area (Å²) >= 11 is 0. The van der Waals surface area contributed by atoms with Crippen LogP contribution in [0.2, 0.25) is 0 Å². The van der Waals surface area contributed by atoms with E-state index >= 15 is 0 Å². The van der Waals surface area contributed by atoms with Crippen LogP contribution in [0.15, 0.2) is 36.4 Å². The van der Waals surface area contributed by atoms with Crippen molar-refractivity contribution >= 4 is 27.4 Å². The molecule has 1 saturated heterocycles. The number of anilines is 2. The Labute approximate surface area is 167 Å². The second-order valence-corrected chi connectivity index (χ2v) is 10.8. The van der Waals surface area contributed by atoms with E-state index in [1.54, 1.807) is 25.7 Å². The molecule has 0 unspecified atom stereocenters. The van der Waals surface area contributed by atoms with Gasteiger partial charge in [0.2, 0.25) is 10.0 Å². The van der Waals surface area contributed by atoms with Gasteiger partial charge in [-0.15, -0.1) is 0 Å². The van der Waals surface area contributed by atoms with Gasteiger partial charge < -0.3 is 15.1 Å². The molecule has 2 N–H and O–H groups in total. The van der Waals surface area contributed by atoms with Gasteiger partial charge in [-0.1, -0.05) is 12.2 Å². The summed E-state index contributed by atoms with van der Waals surface area (Å²) in [5.74, 6) is 0. The van der Waals surface area contributed by atoms with E-state index in [4.69, 9.17) is 0 Å². The Balaban J connectivity index is 1.49. The van der Waals surface area contributed by atoms with Gasteiger partial charge in [0.05, 0.1) is 4.75 Å². The van der Waals surface area contributed by atoms with Crippen LogP contribution in [0.1, 0.15) is 33.6 Å². The number of nitrogens with one attached hydrogen (secondary N) is 2. The van der Waals surface area contributed by atoms with E-state index in [0.29, 0.717) is 25.9 Å².